The number of rotatable bonds is 4. The van der Waals surface area contributed by atoms with E-state index in [1.54, 1.807) is 24.3 Å². The first kappa shape index (κ1) is 17.9. The van der Waals surface area contributed by atoms with E-state index < -0.39 is 22.9 Å². The molecule has 0 aliphatic carbocycles. The average Bonchev–Trinajstić information content (AvgIpc) is 2.92. The molecule has 0 atom stereocenters. The Morgan fingerprint density at radius 2 is 1.67 bits per heavy atom. The van der Waals surface area contributed by atoms with E-state index in [9.17, 15) is 19.2 Å². The van der Waals surface area contributed by atoms with Gasteiger partial charge in [-0.25, -0.2) is 9.47 Å². The van der Waals surface area contributed by atoms with Crippen molar-refractivity contribution in [2.75, 3.05) is 18.0 Å². The molecule has 140 valence electrons. The molecule has 11 heteroatoms. The van der Waals surface area contributed by atoms with Gasteiger partial charge in [0.15, 0.2) is 0 Å². The zero-order valence-corrected chi connectivity index (χ0v) is 14.8. The van der Waals surface area contributed by atoms with Crippen molar-refractivity contribution in [3.05, 3.63) is 51.2 Å². The summed E-state index contributed by atoms with van der Waals surface area (Å²) in [5.41, 5.74) is 3.76. The van der Waals surface area contributed by atoms with Gasteiger partial charge in [0.25, 0.3) is 5.91 Å². The minimum Gasteiger partial charge on any atom is -0.497 e. The van der Waals surface area contributed by atoms with Crippen molar-refractivity contribution in [2.24, 2.45) is 0 Å². The molecule has 0 spiro atoms. The molecule has 2 aromatic heterocycles. The number of amides is 2. The summed E-state index contributed by atoms with van der Waals surface area (Å²) in [5, 5.41) is 2.59. The highest BCUT2D eigenvalue weighted by Gasteiger charge is 2.24. The van der Waals surface area contributed by atoms with Gasteiger partial charge in [-0.1, -0.05) is 5.21 Å². The van der Waals surface area contributed by atoms with E-state index in [1.807, 2.05) is 0 Å². The molecule has 2 heterocycles. The maximum absolute atomic E-state index is 12.9. The van der Waals surface area contributed by atoms with Gasteiger partial charge < -0.3 is 4.74 Å². The van der Waals surface area contributed by atoms with Gasteiger partial charge in [0, 0.05) is 19.4 Å². The molecule has 27 heavy (non-hydrogen) atoms. The van der Waals surface area contributed by atoms with E-state index in [0.717, 1.165) is 9.47 Å². The molecule has 0 saturated carbocycles. The van der Waals surface area contributed by atoms with E-state index in [2.05, 4.69) is 16.1 Å². The number of fused-ring (bicyclic) bond motifs is 1. The Kier molecular flexibility index (Phi) is 4.50. The Bertz CT molecular complexity index is 1150. The second kappa shape index (κ2) is 6.78. The number of hydrogen-bond acceptors (Lipinski definition) is 5. The maximum atomic E-state index is 12.9. The smallest absolute Gasteiger partial charge is 0.431 e. The minimum absolute atomic E-state index is 0.283. The number of benzene rings is 1. The number of nitrogens with zero attached hydrogens (tertiary/aromatic N) is 3. The van der Waals surface area contributed by atoms with Gasteiger partial charge in [0.05, 0.1) is 7.11 Å². The van der Waals surface area contributed by atoms with Crippen molar-refractivity contribution in [3.8, 4) is 17.0 Å². The molecule has 0 saturated heterocycles. The van der Waals surface area contributed by atoms with E-state index in [1.165, 1.54) is 31.7 Å². The summed E-state index contributed by atoms with van der Waals surface area (Å²) in [6.07, 6.45) is 1.45. The van der Waals surface area contributed by atoms with Gasteiger partial charge in [-0.3, -0.25) is 19.8 Å². The fourth-order valence-electron chi connectivity index (χ4n) is 2.56. The Balaban J connectivity index is 2.30. The first-order valence-electron chi connectivity index (χ1n) is 7.84. The van der Waals surface area contributed by atoms with Gasteiger partial charge in [-0.05, 0) is 29.1 Å². The highest BCUT2D eigenvalue weighted by molar-refractivity contribution is 5.82. The normalized spacial score (nSPS) is 10.6. The fraction of sp³-hybridized carbons (Fsp3) is 0.188. The lowest BCUT2D eigenvalue weighted by Gasteiger charge is -2.11. The summed E-state index contributed by atoms with van der Waals surface area (Å²) in [6.45, 7) is 2.47. The summed E-state index contributed by atoms with van der Waals surface area (Å²) in [5.74, 6) is -0.373. The van der Waals surface area contributed by atoms with Crippen molar-refractivity contribution in [2.45, 2.75) is 13.8 Å². The molecular weight excluding hydrogens is 356 g/mol. The number of aromatic nitrogens is 4. The predicted octanol–water partition coefficient (Wildman–Crippen LogP) is -1.07. The molecule has 0 aliphatic heterocycles. The highest BCUT2D eigenvalue weighted by atomic mass is 16.5. The van der Waals surface area contributed by atoms with Crippen molar-refractivity contribution in [1.29, 1.82) is 0 Å². The molecule has 1 aromatic carbocycles. The van der Waals surface area contributed by atoms with Crippen LogP contribution in [0.2, 0.25) is 0 Å². The second-order valence-corrected chi connectivity index (χ2v) is 5.68. The van der Waals surface area contributed by atoms with Crippen LogP contribution in [0.3, 0.4) is 0 Å². The lowest BCUT2D eigenvalue weighted by Crippen LogP contribution is -2.42. The quantitative estimate of drug-likeness (QED) is 0.501. The topological polar surface area (TPSA) is 131 Å². The molecule has 3 N–H and O–H groups in total. The molecule has 2 amide bonds. The molecule has 0 radical (unpaired) electrons. The van der Waals surface area contributed by atoms with Gasteiger partial charge in [-0.15, -0.1) is 4.52 Å². The summed E-state index contributed by atoms with van der Waals surface area (Å²) in [7, 11) is 1.53. The molecular formula is C16H17N6O5+. The Hall–Kier alpha value is -3.89. The number of H-pyrrole nitrogens is 1. The number of nitrogens with one attached hydrogen (secondary N) is 3. The Morgan fingerprint density at radius 3 is 2.22 bits per heavy atom. The Labute approximate surface area is 151 Å². The SMILES string of the molecule is COc1ccc(-c2c[n+]3[nH]n(NC(C)=O)c(=O)c3c(=O)n2NC(C)=O)cc1. The molecule has 11 nitrogen and oxygen atoms in total. The van der Waals surface area contributed by atoms with Gasteiger partial charge in [0.2, 0.25) is 5.91 Å². The summed E-state index contributed by atoms with van der Waals surface area (Å²) < 4.78 is 7.27. The zero-order chi connectivity index (χ0) is 19.7. The van der Waals surface area contributed by atoms with E-state index in [4.69, 9.17) is 4.74 Å². The van der Waals surface area contributed by atoms with Crippen LogP contribution in [0, 0.1) is 0 Å². The summed E-state index contributed by atoms with van der Waals surface area (Å²) >= 11 is 0. The van der Waals surface area contributed by atoms with Gasteiger partial charge in [0.1, 0.15) is 17.6 Å². The van der Waals surface area contributed by atoms with Crippen LogP contribution in [0.4, 0.5) is 0 Å². The largest absolute Gasteiger partial charge is 0.497 e. The van der Waals surface area contributed by atoms with Crippen molar-refractivity contribution >= 4 is 17.3 Å². The first-order valence-corrected chi connectivity index (χ1v) is 7.84. The average molecular weight is 373 g/mol. The molecule has 0 unspecified atom stereocenters. The summed E-state index contributed by atoms with van der Waals surface area (Å²) in [6, 6.07) is 6.78. The van der Waals surface area contributed by atoms with Crippen LogP contribution in [0.15, 0.2) is 40.1 Å². The number of hydrogen-bond donors (Lipinski definition) is 3. The van der Waals surface area contributed by atoms with Crippen LogP contribution in [0.5, 0.6) is 5.75 Å². The van der Waals surface area contributed by atoms with Crippen LogP contribution in [0.25, 0.3) is 16.8 Å². The van der Waals surface area contributed by atoms with E-state index in [-0.39, 0.29) is 5.52 Å². The van der Waals surface area contributed by atoms with Gasteiger partial charge in [-0.2, -0.15) is 5.43 Å². The molecule has 3 aromatic rings. The number of aromatic amines is 1. The second-order valence-electron chi connectivity index (χ2n) is 5.68. The van der Waals surface area contributed by atoms with Crippen LogP contribution in [0.1, 0.15) is 13.8 Å². The molecule has 3 rings (SSSR count). The van der Waals surface area contributed by atoms with Crippen LogP contribution < -0.4 is 31.2 Å². The minimum atomic E-state index is -0.768. The predicted molar refractivity (Wildman–Crippen MR) is 94.5 cm³/mol. The van der Waals surface area contributed by atoms with Crippen LogP contribution in [-0.4, -0.2) is 33.6 Å². The third-order valence-corrected chi connectivity index (χ3v) is 3.68. The number of carbonyl (C=O) groups is 2. The standard InChI is InChI=1S/C16H16N6O5/c1-9(23)17-21-13(11-4-6-12(27-3)7-5-11)8-20-14(15(21)25)16(26)22(19-20)18-10(2)24/h4-8H,1-3H3,(H2-,17,18,19,23,24,25,26)/p+1. The number of carbonyl (C=O) groups excluding carboxylic acids is 2. The lowest BCUT2D eigenvalue weighted by atomic mass is 10.1. The molecule has 0 fully saturated rings. The fourth-order valence-corrected chi connectivity index (χ4v) is 2.56. The molecule has 0 bridgehead atoms. The summed E-state index contributed by atoms with van der Waals surface area (Å²) in [4.78, 5) is 48.9. The number of methoxy groups -OCH3 is 1. The zero-order valence-electron chi connectivity index (χ0n) is 14.8. The Morgan fingerprint density at radius 1 is 1.04 bits per heavy atom. The third-order valence-electron chi connectivity index (χ3n) is 3.68. The monoisotopic (exact) mass is 373 g/mol. The van der Waals surface area contributed by atoms with Crippen LogP contribution in [-0.2, 0) is 9.59 Å². The first-order chi connectivity index (χ1) is 12.8. The third kappa shape index (κ3) is 3.29. The van der Waals surface area contributed by atoms with E-state index in [0.29, 0.717) is 17.0 Å². The van der Waals surface area contributed by atoms with Crippen molar-refractivity contribution < 1.29 is 18.8 Å². The van der Waals surface area contributed by atoms with Crippen LogP contribution >= 0.6 is 0 Å². The molecule has 0 aliphatic rings. The van der Waals surface area contributed by atoms with Crippen molar-refractivity contribution in [3.63, 3.8) is 0 Å². The maximum Gasteiger partial charge on any atom is 0.431 e. The number of ether oxygens (including phenoxy) is 1. The highest BCUT2D eigenvalue weighted by Crippen LogP contribution is 2.20. The lowest BCUT2D eigenvalue weighted by molar-refractivity contribution is -0.584. The van der Waals surface area contributed by atoms with E-state index >= 15 is 0 Å². The van der Waals surface area contributed by atoms with Gasteiger partial charge >= 0.3 is 16.6 Å². The van der Waals surface area contributed by atoms with Crippen molar-refractivity contribution in [1.82, 2.24) is 14.7 Å².